The largest absolute Gasteiger partial charge is 0.486 e. The van der Waals surface area contributed by atoms with Crippen LogP contribution in [0.15, 0.2) is 17.0 Å². The van der Waals surface area contributed by atoms with Crippen LogP contribution < -0.4 is 9.47 Å². The van der Waals surface area contributed by atoms with Crippen LogP contribution in [0.25, 0.3) is 0 Å². The van der Waals surface area contributed by atoms with Crippen molar-refractivity contribution in [3.63, 3.8) is 0 Å². The van der Waals surface area contributed by atoms with Crippen molar-refractivity contribution in [2.75, 3.05) is 32.9 Å². The summed E-state index contributed by atoms with van der Waals surface area (Å²) < 4.78 is 37.8. The normalized spacial score (nSPS) is 25.4. The second-order valence-corrected chi connectivity index (χ2v) is 7.98. The van der Waals surface area contributed by atoms with E-state index < -0.39 is 10.0 Å². The second-order valence-electron chi connectivity index (χ2n) is 5.67. The summed E-state index contributed by atoms with van der Waals surface area (Å²) in [5, 5.41) is 9.43. The number of hydrogen-bond acceptors (Lipinski definition) is 5. The zero-order valence-corrected chi connectivity index (χ0v) is 13.7. The summed E-state index contributed by atoms with van der Waals surface area (Å²) in [6.45, 7) is 3.37. The number of rotatable bonds is 3. The number of hydrogen-bond donors (Lipinski definition) is 1. The zero-order valence-electron chi connectivity index (χ0n) is 12.2. The van der Waals surface area contributed by atoms with Crippen LogP contribution in [0.3, 0.4) is 0 Å². The van der Waals surface area contributed by atoms with Crippen molar-refractivity contribution in [1.82, 2.24) is 4.31 Å². The van der Waals surface area contributed by atoms with Crippen LogP contribution >= 0.6 is 11.6 Å². The lowest BCUT2D eigenvalue weighted by Crippen LogP contribution is -2.30. The molecule has 2 atom stereocenters. The maximum absolute atomic E-state index is 12.8. The van der Waals surface area contributed by atoms with Crippen molar-refractivity contribution in [2.45, 2.75) is 11.8 Å². The van der Waals surface area contributed by atoms with Crippen molar-refractivity contribution < 1.29 is 23.0 Å². The molecule has 6 nitrogen and oxygen atoms in total. The average molecular weight is 348 g/mol. The predicted molar refractivity (Wildman–Crippen MR) is 80.9 cm³/mol. The molecule has 0 bridgehead atoms. The Balaban J connectivity index is 1.96. The first kappa shape index (κ1) is 15.9. The molecule has 0 amide bonds. The fourth-order valence-corrected chi connectivity index (χ4v) is 4.91. The minimum atomic E-state index is -3.72. The van der Waals surface area contributed by atoms with Crippen molar-refractivity contribution in [3.05, 3.63) is 17.2 Å². The highest BCUT2D eigenvalue weighted by Crippen LogP contribution is 2.39. The molecule has 0 aliphatic carbocycles. The summed E-state index contributed by atoms with van der Waals surface area (Å²) in [6.07, 6.45) is 0. The van der Waals surface area contributed by atoms with E-state index in [4.69, 9.17) is 21.1 Å². The maximum Gasteiger partial charge on any atom is 0.244 e. The van der Waals surface area contributed by atoms with E-state index in [-0.39, 0.29) is 28.4 Å². The molecular formula is C14H18ClNO5S. The lowest BCUT2D eigenvalue weighted by molar-refractivity contribution is 0.171. The highest BCUT2D eigenvalue weighted by atomic mass is 35.5. The molecule has 22 heavy (non-hydrogen) atoms. The van der Waals surface area contributed by atoms with Gasteiger partial charge in [0.15, 0.2) is 11.5 Å². The van der Waals surface area contributed by atoms with Gasteiger partial charge in [0.1, 0.15) is 18.1 Å². The average Bonchev–Trinajstić information content (AvgIpc) is 2.88. The molecule has 122 valence electrons. The molecule has 1 aromatic carbocycles. The SMILES string of the molecule is C[C@@H]1CN(S(=O)(=O)c2cc3c(cc2Cl)OCCO3)C[C@H]1CO. The van der Waals surface area contributed by atoms with E-state index >= 15 is 0 Å². The Morgan fingerprint density at radius 3 is 2.50 bits per heavy atom. The number of aliphatic hydroxyl groups excluding tert-OH is 1. The van der Waals surface area contributed by atoms with Crippen molar-refractivity contribution in [2.24, 2.45) is 11.8 Å². The first-order valence-corrected chi connectivity index (χ1v) is 8.95. The number of fused-ring (bicyclic) bond motifs is 1. The summed E-state index contributed by atoms with van der Waals surface area (Å²) >= 11 is 6.14. The van der Waals surface area contributed by atoms with Crippen LogP contribution in [0, 0.1) is 11.8 Å². The third-order valence-electron chi connectivity index (χ3n) is 4.18. The monoisotopic (exact) mass is 347 g/mol. The molecular weight excluding hydrogens is 330 g/mol. The van der Waals surface area contributed by atoms with Crippen molar-refractivity contribution in [1.29, 1.82) is 0 Å². The Morgan fingerprint density at radius 2 is 1.91 bits per heavy atom. The molecule has 8 heteroatoms. The summed E-state index contributed by atoms with van der Waals surface area (Å²) in [7, 11) is -3.72. The summed E-state index contributed by atoms with van der Waals surface area (Å²) in [5.41, 5.74) is 0. The van der Waals surface area contributed by atoms with Gasteiger partial charge in [-0.3, -0.25) is 0 Å². The minimum Gasteiger partial charge on any atom is -0.486 e. The first-order chi connectivity index (χ1) is 10.4. The van der Waals surface area contributed by atoms with Gasteiger partial charge in [-0.25, -0.2) is 8.42 Å². The Kier molecular flexibility index (Phi) is 4.24. The number of sulfonamides is 1. The molecule has 0 unspecified atom stereocenters. The van der Waals surface area contributed by atoms with E-state index in [1.807, 2.05) is 6.92 Å². The van der Waals surface area contributed by atoms with Crippen LogP contribution in [0.4, 0.5) is 0 Å². The van der Waals surface area contributed by atoms with Gasteiger partial charge >= 0.3 is 0 Å². The number of aliphatic hydroxyl groups is 1. The topological polar surface area (TPSA) is 76.1 Å². The highest BCUT2D eigenvalue weighted by molar-refractivity contribution is 7.89. The van der Waals surface area contributed by atoms with E-state index in [0.29, 0.717) is 37.8 Å². The van der Waals surface area contributed by atoms with E-state index in [9.17, 15) is 13.5 Å². The zero-order chi connectivity index (χ0) is 15.9. The molecule has 0 aromatic heterocycles. The highest BCUT2D eigenvalue weighted by Gasteiger charge is 2.38. The smallest absolute Gasteiger partial charge is 0.244 e. The molecule has 1 N–H and O–H groups in total. The molecule has 0 spiro atoms. The Hall–Kier alpha value is -1.02. The van der Waals surface area contributed by atoms with Gasteiger partial charge in [0.05, 0.1) is 5.02 Å². The molecule has 2 heterocycles. The first-order valence-electron chi connectivity index (χ1n) is 7.13. The van der Waals surface area contributed by atoms with Gasteiger partial charge in [-0.15, -0.1) is 0 Å². The van der Waals surface area contributed by atoms with E-state index in [0.717, 1.165) is 0 Å². The fourth-order valence-electron chi connectivity index (χ4n) is 2.80. The third-order valence-corrected chi connectivity index (χ3v) is 6.48. The predicted octanol–water partition coefficient (Wildman–Crippen LogP) is 1.36. The van der Waals surface area contributed by atoms with Crippen molar-refractivity contribution >= 4 is 21.6 Å². The second kappa shape index (κ2) is 5.88. The molecule has 0 radical (unpaired) electrons. The number of nitrogens with zero attached hydrogens (tertiary/aromatic N) is 1. The molecule has 2 aliphatic heterocycles. The van der Waals surface area contributed by atoms with Gasteiger partial charge in [0, 0.05) is 31.8 Å². The Morgan fingerprint density at radius 1 is 1.27 bits per heavy atom. The van der Waals surface area contributed by atoms with Crippen LogP contribution in [0.1, 0.15) is 6.92 Å². The van der Waals surface area contributed by atoms with E-state index in [1.54, 1.807) is 0 Å². The third kappa shape index (κ3) is 2.67. The summed E-state index contributed by atoms with van der Waals surface area (Å²) in [5.74, 6) is 0.903. The van der Waals surface area contributed by atoms with Crippen LogP contribution in [0.2, 0.25) is 5.02 Å². The molecule has 3 rings (SSSR count). The van der Waals surface area contributed by atoms with Gasteiger partial charge in [0.25, 0.3) is 0 Å². The lowest BCUT2D eigenvalue weighted by Gasteiger charge is -2.22. The quantitative estimate of drug-likeness (QED) is 0.893. The minimum absolute atomic E-state index is 0.0178. The Bertz CT molecular complexity index is 678. The molecule has 1 fully saturated rings. The molecule has 0 saturated carbocycles. The van der Waals surface area contributed by atoms with Gasteiger partial charge in [0.2, 0.25) is 10.0 Å². The summed E-state index contributed by atoms with van der Waals surface area (Å²) in [4.78, 5) is 0.0178. The van der Waals surface area contributed by atoms with Crippen molar-refractivity contribution in [3.8, 4) is 11.5 Å². The number of benzene rings is 1. The molecule has 1 saturated heterocycles. The van der Waals surface area contributed by atoms with Gasteiger partial charge < -0.3 is 14.6 Å². The van der Waals surface area contributed by atoms with Crippen LogP contribution in [-0.4, -0.2) is 50.7 Å². The maximum atomic E-state index is 12.8. The van der Waals surface area contributed by atoms with Gasteiger partial charge in [-0.1, -0.05) is 18.5 Å². The van der Waals surface area contributed by atoms with E-state index in [1.165, 1.54) is 16.4 Å². The molecule has 1 aromatic rings. The lowest BCUT2D eigenvalue weighted by atomic mass is 10.00. The number of halogens is 1. The number of ether oxygens (including phenoxy) is 2. The fraction of sp³-hybridized carbons (Fsp3) is 0.571. The molecule has 2 aliphatic rings. The summed E-state index contributed by atoms with van der Waals surface area (Å²) in [6, 6.07) is 2.90. The standard InChI is InChI=1S/C14H18ClNO5S/c1-9-6-16(7-10(9)8-17)22(18,19)14-5-13-12(4-11(14)15)20-2-3-21-13/h4-5,9-10,17H,2-3,6-8H2,1H3/t9-,10+/m1/s1. The van der Waals surface area contributed by atoms with Gasteiger partial charge in [-0.05, 0) is 11.8 Å². The van der Waals surface area contributed by atoms with Crippen LogP contribution in [-0.2, 0) is 10.0 Å². The van der Waals surface area contributed by atoms with Crippen LogP contribution in [0.5, 0.6) is 11.5 Å². The Labute approximate surface area is 134 Å². The van der Waals surface area contributed by atoms with E-state index in [2.05, 4.69) is 0 Å². The van der Waals surface area contributed by atoms with Gasteiger partial charge in [-0.2, -0.15) is 4.31 Å².